The fraction of sp³-hybridized carbons (Fsp3) is 0.917. The van der Waals surface area contributed by atoms with Gasteiger partial charge in [-0.05, 0) is 18.8 Å². The van der Waals surface area contributed by atoms with Crippen LogP contribution in [0.2, 0.25) is 0 Å². The van der Waals surface area contributed by atoms with Gasteiger partial charge in [-0.15, -0.1) is 0 Å². The Bertz CT molecular complexity index is 232. The lowest BCUT2D eigenvalue weighted by Crippen LogP contribution is -2.51. The third kappa shape index (κ3) is 5.47. The minimum Gasteiger partial charge on any atom is -0.388 e. The molecular formula is C12H26N2O2. The van der Waals surface area contributed by atoms with Crippen LogP contribution in [-0.2, 0) is 4.79 Å². The van der Waals surface area contributed by atoms with Gasteiger partial charge in [-0.2, -0.15) is 0 Å². The van der Waals surface area contributed by atoms with Gasteiger partial charge in [0.05, 0.1) is 11.6 Å². The first kappa shape index (κ1) is 15.4. The molecule has 0 aromatic carbocycles. The van der Waals surface area contributed by atoms with Crippen molar-refractivity contribution in [2.24, 2.45) is 11.1 Å². The van der Waals surface area contributed by atoms with E-state index in [0.29, 0.717) is 6.42 Å². The van der Waals surface area contributed by atoms with Crippen molar-refractivity contribution in [2.75, 3.05) is 6.54 Å². The minimum absolute atomic E-state index is 0.205. The van der Waals surface area contributed by atoms with Gasteiger partial charge in [-0.25, -0.2) is 0 Å². The number of nitrogens with two attached hydrogens (primary N) is 1. The Labute approximate surface area is 98.6 Å². The Morgan fingerprint density at radius 3 is 2.25 bits per heavy atom. The van der Waals surface area contributed by atoms with Crippen LogP contribution in [0.5, 0.6) is 0 Å². The van der Waals surface area contributed by atoms with E-state index >= 15 is 0 Å². The third-order valence-corrected chi connectivity index (χ3v) is 2.65. The molecule has 4 N–H and O–H groups in total. The van der Waals surface area contributed by atoms with Gasteiger partial charge < -0.3 is 16.2 Å². The molecule has 0 aromatic heterocycles. The molecule has 0 aromatic rings. The Kier molecular flexibility index (Phi) is 5.42. The maximum absolute atomic E-state index is 11.7. The zero-order chi connectivity index (χ0) is 13.0. The lowest BCUT2D eigenvalue weighted by atomic mass is 9.87. The van der Waals surface area contributed by atoms with Gasteiger partial charge in [0.25, 0.3) is 0 Å². The van der Waals surface area contributed by atoms with Crippen molar-refractivity contribution in [3.05, 3.63) is 0 Å². The Hall–Kier alpha value is -0.610. The molecule has 1 amide bonds. The van der Waals surface area contributed by atoms with Crippen LogP contribution < -0.4 is 11.1 Å². The quantitative estimate of drug-likeness (QED) is 0.660. The number of aliphatic hydroxyl groups is 1. The monoisotopic (exact) mass is 230 g/mol. The van der Waals surface area contributed by atoms with Crippen LogP contribution in [0.1, 0.15) is 47.5 Å². The van der Waals surface area contributed by atoms with Crippen LogP contribution in [0.4, 0.5) is 0 Å². The highest BCUT2D eigenvalue weighted by Crippen LogP contribution is 2.17. The highest BCUT2D eigenvalue weighted by molar-refractivity contribution is 5.82. The van der Waals surface area contributed by atoms with E-state index in [1.165, 1.54) is 0 Å². The standard InChI is InChI=1S/C12H26N2O2/c1-6-7-12(5,16)8-14-10(15)9(13)11(2,3)4/h9,16H,6-8,13H2,1-5H3,(H,14,15). The molecule has 0 bridgehead atoms. The molecule has 0 radical (unpaired) electrons. The fourth-order valence-corrected chi connectivity index (χ4v) is 1.41. The number of nitrogens with one attached hydrogen (secondary N) is 1. The second kappa shape index (κ2) is 5.64. The topological polar surface area (TPSA) is 75.3 Å². The first-order valence-corrected chi connectivity index (χ1v) is 5.86. The molecule has 96 valence electrons. The van der Waals surface area contributed by atoms with Crippen LogP contribution in [0.15, 0.2) is 0 Å². The number of amides is 1. The van der Waals surface area contributed by atoms with Gasteiger partial charge in [0.15, 0.2) is 0 Å². The van der Waals surface area contributed by atoms with Crippen LogP contribution in [0.25, 0.3) is 0 Å². The average Bonchev–Trinajstić information content (AvgIpc) is 2.11. The first-order chi connectivity index (χ1) is 7.10. The smallest absolute Gasteiger partial charge is 0.237 e. The van der Waals surface area contributed by atoms with E-state index < -0.39 is 11.6 Å². The number of carbonyl (C=O) groups excluding carboxylic acids is 1. The lowest BCUT2D eigenvalue weighted by Gasteiger charge is -2.28. The van der Waals surface area contributed by atoms with Crippen molar-refractivity contribution >= 4 is 5.91 Å². The fourth-order valence-electron chi connectivity index (χ4n) is 1.41. The third-order valence-electron chi connectivity index (χ3n) is 2.65. The summed E-state index contributed by atoms with van der Waals surface area (Å²) in [7, 11) is 0. The summed E-state index contributed by atoms with van der Waals surface area (Å²) in [6, 6.07) is -0.551. The van der Waals surface area contributed by atoms with E-state index in [2.05, 4.69) is 5.32 Å². The Morgan fingerprint density at radius 2 is 1.88 bits per heavy atom. The summed E-state index contributed by atoms with van der Waals surface area (Å²) in [4.78, 5) is 11.7. The van der Waals surface area contributed by atoms with Gasteiger partial charge in [0.2, 0.25) is 5.91 Å². The van der Waals surface area contributed by atoms with Gasteiger partial charge in [-0.1, -0.05) is 34.1 Å². The molecule has 0 aliphatic carbocycles. The molecule has 0 heterocycles. The van der Waals surface area contributed by atoms with Gasteiger partial charge >= 0.3 is 0 Å². The normalized spacial score (nSPS) is 17.7. The van der Waals surface area contributed by atoms with Crippen molar-refractivity contribution < 1.29 is 9.90 Å². The highest BCUT2D eigenvalue weighted by atomic mass is 16.3. The van der Waals surface area contributed by atoms with Crippen molar-refractivity contribution in [1.82, 2.24) is 5.32 Å². The van der Waals surface area contributed by atoms with Crippen LogP contribution in [0.3, 0.4) is 0 Å². The first-order valence-electron chi connectivity index (χ1n) is 5.86. The van der Waals surface area contributed by atoms with E-state index in [-0.39, 0.29) is 17.9 Å². The maximum atomic E-state index is 11.7. The van der Waals surface area contributed by atoms with Crippen molar-refractivity contribution in [1.29, 1.82) is 0 Å². The SMILES string of the molecule is CCCC(C)(O)CNC(=O)C(N)C(C)(C)C. The minimum atomic E-state index is -0.845. The maximum Gasteiger partial charge on any atom is 0.237 e. The molecule has 0 aliphatic rings. The van der Waals surface area contributed by atoms with Crippen LogP contribution in [0, 0.1) is 5.41 Å². The molecule has 16 heavy (non-hydrogen) atoms. The molecule has 0 aliphatic heterocycles. The highest BCUT2D eigenvalue weighted by Gasteiger charge is 2.29. The van der Waals surface area contributed by atoms with Crippen LogP contribution in [-0.4, -0.2) is 29.2 Å². The molecule has 2 unspecified atom stereocenters. The summed E-state index contributed by atoms with van der Waals surface area (Å²) in [6.45, 7) is 9.73. The number of carbonyl (C=O) groups is 1. The molecular weight excluding hydrogens is 204 g/mol. The van der Waals surface area contributed by atoms with E-state index in [0.717, 1.165) is 6.42 Å². The summed E-state index contributed by atoms with van der Waals surface area (Å²) in [5, 5.41) is 12.6. The van der Waals surface area contributed by atoms with E-state index in [1.807, 2.05) is 27.7 Å². The summed E-state index contributed by atoms with van der Waals surface area (Å²) < 4.78 is 0. The molecule has 4 heteroatoms. The second-order valence-corrected chi connectivity index (χ2v) is 5.81. The lowest BCUT2D eigenvalue weighted by molar-refractivity contribution is -0.125. The molecule has 4 nitrogen and oxygen atoms in total. The zero-order valence-electron chi connectivity index (χ0n) is 11.1. The molecule has 0 spiro atoms. The number of rotatable bonds is 5. The average molecular weight is 230 g/mol. The molecule has 0 fully saturated rings. The van der Waals surface area contributed by atoms with E-state index in [1.54, 1.807) is 6.92 Å². The summed E-state index contributed by atoms with van der Waals surface area (Å²) in [5.74, 6) is -0.205. The van der Waals surface area contributed by atoms with Crippen molar-refractivity contribution in [3.8, 4) is 0 Å². The predicted octanol–water partition coefficient (Wildman–Crippen LogP) is 1.03. The van der Waals surface area contributed by atoms with E-state index in [9.17, 15) is 9.90 Å². The Balaban J connectivity index is 4.18. The van der Waals surface area contributed by atoms with Crippen molar-refractivity contribution in [2.45, 2.75) is 59.1 Å². The number of hydrogen-bond donors (Lipinski definition) is 3. The van der Waals surface area contributed by atoms with E-state index in [4.69, 9.17) is 5.73 Å². The van der Waals surface area contributed by atoms with Gasteiger partial charge in [-0.3, -0.25) is 4.79 Å². The molecule has 2 atom stereocenters. The summed E-state index contributed by atoms with van der Waals surface area (Å²) >= 11 is 0. The predicted molar refractivity (Wildman–Crippen MR) is 66.0 cm³/mol. The second-order valence-electron chi connectivity index (χ2n) is 5.81. The Morgan fingerprint density at radius 1 is 1.38 bits per heavy atom. The summed E-state index contributed by atoms with van der Waals surface area (Å²) in [5.41, 5.74) is 4.70. The van der Waals surface area contributed by atoms with Gasteiger partial charge in [0, 0.05) is 6.54 Å². The zero-order valence-corrected chi connectivity index (χ0v) is 11.1. The van der Waals surface area contributed by atoms with Crippen LogP contribution >= 0.6 is 0 Å². The van der Waals surface area contributed by atoms with Crippen molar-refractivity contribution in [3.63, 3.8) is 0 Å². The largest absolute Gasteiger partial charge is 0.388 e. The summed E-state index contributed by atoms with van der Waals surface area (Å²) in [6.07, 6.45) is 1.55. The molecule has 0 rings (SSSR count). The van der Waals surface area contributed by atoms with Gasteiger partial charge in [0.1, 0.15) is 0 Å². The number of hydrogen-bond acceptors (Lipinski definition) is 3. The molecule has 0 saturated carbocycles. The molecule has 0 saturated heterocycles.